The summed E-state index contributed by atoms with van der Waals surface area (Å²) in [7, 11) is 1.74. The zero-order valence-corrected chi connectivity index (χ0v) is 9.17. The molecule has 6 heteroatoms. The van der Waals surface area contributed by atoms with Crippen LogP contribution in [0.3, 0.4) is 0 Å². The van der Waals surface area contributed by atoms with Crippen molar-refractivity contribution >= 4 is 27.7 Å². The number of carbonyl (C=O) groups is 2. The fourth-order valence-electron chi connectivity index (χ4n) is 1.01. The molecule has 1 rings (SSSR count). The summed E-state index contributed by atoms with van der Waals surface area (Å²) in [5.74, 6) is -0.886. The van der Waals surface area contributed by atoms with Crippen LogP contribution in [0.4, 0.5) is 0 Å². The van der Waals surface area contributed by atoms with Crippen LogP contribution in [0.2, 0.25) is 0 Å². The molecule has 2 amide bonds. The topological polar surface area (TPSA) is 77.1 Å². The molecule has 76 valence electrons. The highest BCUT2D eigenvalue weighted by atomic mass is 79.9. The molecule has 1 aromatic rings. The van der Waals surface area contributed by atoms with E-state index in [0.29, 0.717) is 5.69 Å². The Labute approximate surface area is 89.4 Å². The molecule has 0 unspecified atom stereocenters. The lowest BCUT2D eigenvalue weighted by Gasteiger charge is -2.02. The van der Waals surface area contributed by atoms with Crippen LogP contribution in [0.25, 0.3) is 0 Å². The first-order chi connectivity index (χ1) is 6.50. The summed E-state index contributed by atoms with van der Waals surface area (Å²) < 4.78 is 2.46. The zero-order valence-electron chi connectivity index (χ0n) is 7.58. The molecule has 1 aromatic heterocycles. The predicted octanol–water partition coefficient (Wildman–Crippen LogP) is 0.00270. The van der Waals surface area contributed by atoms with Gasteiger partial charge < -0.3 is 15.6 Å². The van der Waals surface area contributed by atoms with Crippen molar-refractivity contribution in [1.82, 2.24) is 9.88 Å². The lowest BCUT2D eigenvalue weighted by Crippen LogP contribution is -2.34. The molecule has 0 fully saturated rings. The van der Waals surface area contributed by atoms with Gasteiger partial charge in [0, 0.05) is 17.7 Å². The molecule has 0 aliphatic carbocycles. The van der Waals surface area contributed by atoms with Gasteiger partial charge in [-0.05, 0) is 22.0 Å². The van der Waals surface area contributed by atoms with Crippen molar-refractivity contribution in [2.75, 3.05) is 6.54 Å². The van der Waals surface area contributed by atoms with Gasteiger partial charge in [-0.15, -0.1) is 0 Å². The largest absolute Gasteiger partial charge is 0.368 e. The van der Waals surface area contributed by atoms with Gasteiger partial charge in [0.15, 0.2) is 0 Å². The molecule has 0 aliphatic heterocycles. The maximum absolute atomic E-state index is 11.4. The lowest BCUT2D eigenvalue weighted by atomic mass is 10.4. The van der Waals surface area contributed by atoms with Crippen LogP contribution in [-0.2, 0) is 11.8 Å². The van der Waals surface area contributed by atoms with Gasteiger partial charge in [-0.3, -0.25) is 9.59 Å². The van der Waals surface area contributed by atoms with E-state index in [0.717, 1.165) is 4.47 Å². The number of primary amides is 1. The number of nitrogens with two attached hydrogens (primary N) is 1. The second kappa shape index (κ2) is 4.28. The molecule has 1 heterocycles. The predicted molar refractivity (Wildman–Crippen MR) is 54.6 cm³/mol. The maximum Gasteiger partial charge on any atom is 0.268 e. The number of aryl methyl sites for hydroxylation is 1. The molecule has 0 saturated heterocycles. The van der Waals surface area contributed by atoms with Gasteiger partial charge in [-0.25, -0.2) is 0 Å². The van der Waals surface area contributed by atoms with Crippen molar-refractivity contribution < 1.29 is 9.59 Å². The normalized spacial score (nSPS) is 9.86. The van der Waals surface area contributed by atoms with Gasteiger partial charge in [-0.2, -0.15) is 0 Å². The molecule has 0 atom stereocenters. The Morgan fingerprint density at radius 3 is 2.71 bits per heavy atom. The number of hydrogen-bond donors (Lipinski definition) is 2. The van der Waals surface area contributed by atoms with Gasteiger partial charge >= 0.3 is 0 Å². The van der Waals surface area contributed by atoms with E-state index in [-0.39, 0.29) is 12.5 Å². The third-order valence-electron chi connectivity index (χ3n) is 1.63. The Morgan fingerprint density at radius 2 is 2.29 bits per heavy atom. The van der Waals surface area contributed by atoms with Crippen LogP contribution in [0.1, 0.15) is 10.5 Å². The van der Waals surface area contributed by atoms with E-state index >= 15 is 0 Å². The first-order valence-corrected chi connectivity index (χ1v) is 4.68. The van der Waals surface area contributed by atoms with Crippen molar-refractivity contribution in [2.45, 2.75) is 0 Å². The maximum atomic E-state index is 11.4. The summed E-state index contributed by atoms with van der Waals surface area (Å²) in [6, 6.07) is 1.66. The molecule has 0 aliphatic rings. The average Bonchev–Trinajstić information content (AvgIpc) is 2.41. The third kappa shape index (κ3) is 2.59. The monoisotopic (exact) mass is 259 g/mol. The van der Waals surface area contributed by atoms with E-state index in [2.05, 4.69) is 21.2 Å². The van der Waals surface area contributed by atoms with Crippen LogP contribution < -0.4 is 11.1 Å². The van der Waals surface area contributed by atoms with Gasteiger partial charge in [0.1, 0.15) is 5.69 Å². The van der Waals surface area contributed by atoms with E-state index < -0.39 is 5.91 Å². The van der Waals surface area contributed by atoms with Gasteiger partial charge in [0.25, 0.3) is 5.91 Å². The molecule has 0 spiro atoms. The second-order valence-electron chi connectivity index (χ2n) is 2.80. The van der Waals surface area contributed by atoms with Crippen LogP contribution >= 0.6 is 15.9 Å². The number of nitrogens with zero attached hydrogens (tertiary/aromatic N) is 1. The Balaban J connectivity index is 2.69. The van der Waals surface area contributed by atoms with Crippen LogP contribution in [-0.4, -0.2) is 22.9 Å². The van der Waals surface area contributed by atoms with E-state index in [1.165, 1.54) is 0 Å². The molecule has 0 bridgehead atoms. The molecule has 3 N–H and O–H groups in total. The van der Waals surface area contributed by atoms with Crippen molar-refractivity contribution in [3.05, 3.63) is 22.4 Å². The van der Waals surface area contributed by atoms with Crippen LogP contribution in [0, 0.1) is 0 Å². The number of amides is 2. The quantitative estimate of drug-likeness (QED) is 0.802. The Hall–Kier alpha value is -1.30. The van der Waals surface area contributed by atoms with Crippen molar-refractivity contribution in [1.29, 1.82) is 0 Å². The molecule has 0 radical (unpaired) electrons. The summed E-state index contributed by atoms with van der Waals surface area (Å²) in [5, 5.41) is 2.40. The number of nitrogens with one attached hydrogen (secondary N) is 1. The summed E-state index contributed by atoms with van der Waals surface area (Å²) in [5.41, 5.74) is 5.36. The summed E-state index contributed by atoms with van der Waals surface area (Å²) in [6.45, 7) is -0.151. The van der Waals surface area contributed by atoms with E-state index in [4.69, 9.17) is 5.73 Å². The van der Waals surface area contributed by atoms with Gasteiger partial charge in [-0.1, -0.05) is 0 Å². The standard InChI is InChI=1S/C8H10BrN3O2/c1-12-4-5(9)2-6(12)8(14)11-3-7(10)13/h2,4H,3H2,1H3,(H2,10,13)(H,11,14). The molecular weight excluding hydrogens is 250 g/mol. The molecule has 14 heavy (non-hydrogen) atoms. The van der Waals surface area contributed by atoms with Crippen molar-refractivity contribution in [2.24, 2.45) is 12.8 Å². The van der Waals surface area contributed by atoms with Gasteiger partial charge in [0.2, 0.25) is 5.91 Å². The highest BCUT2D eigenvalue weighted by Gasteiger charge is 2.10. The Bertz CT molecular complexity index is 373. The SMILES string of the molecule is Cn1cc(Br)cc1C(=O)NCC(N)=O. The number of carbonyl (C=O) groups excluding carboxylic acids is 2. The van der Waals surface area contributed by atoms with Gasteiger partial charge in [0.05, 0.1) is 6.54 Å². The summed E-state index contributed by atoms with van der Waals surface area (Å²) >= 11 is 3.24. The minimum Gasteiger partial charge on any atom is -0.368 e. The molecule has 0 aromatic carbocycles. The van der Waals surface area contributed by atoms with E-state index in [1.807, 2.05) is 0 Å². The van der Waals surface area contributed by atoms with Crippen molar-refractivity contribution in [3.8, 4) is 0 Å². The van der Waals surface area contributed by atoms with E-state index in [1.54, 1.807) is 23.9 Å². The number of aromatic nitrogens is 1. The fourth-order valence-corrected chi connectivity index (χ4v) is 1.53. The highest BCUT2D eigenvalue weighted by Crippen LogP contribution is 2.13. The lowest BCUT2D eigenvalue weighted by molar-refractivity contribution is -0.117. The fraction of sp³-hybridized carbons (Fsp3) is 0.250. The Kier molecular flexibility index (Phi) is 3.29. The molecular formula is C8H10BrN3O2. The minimum absolute atomic E-state index is 0.151. The minimum atomic E-state index is -0.563. The third-order valence-corrected chi connectivity index (χ3v) is 2.06. The Morgan fingerprint density at radius 1 is 1.64 bits per heavy atom. The average molecular weight is 260 g/mol. The molecule has 0 saturated carbocycles. The number of rotatable bonds is 3. The van der Waals surface area contributed by atoms with E-state index in [9.17, 15) is 9.59 Å². The first kappa shape index (κ1) is 10.8. The number of hydrogen-bond acceptors (Lipinski definition) is 2. The van der Waals surface area contributed by atoms with Crippen LogP contribution in [0.15, 0.2) is 16.7 Å². The smallest absolute Gasteiger partial charge is 0.268 e. The van der Waals surface area contributed by atoms with Crippen molar-refractivity contribution in [3.63, 3.8) is 0 Å². The van der Waals surface area contributed by atoms with Crippen LogP contribution in [0.5, 0.6) is 0 Å². The summed E-state index contributed by atoms with van der Waals surface area (Å²) in [4.78, 5) is 21.8. The first-order valence-electron chi connectivity index (χ1n) is 3.89. The number of halogens is 1. The zero-order chi connectivity index (χ0) is 10.7. The highest BCUT2D eigenvalue weighted by molar-refractivity contribution is 9.10. The molecule has 5 nitrogen and oxygen atoms in total. The summed E-state index contributed by atoms with van der Waals surface area (Å²) in [6.07, 6.45) is 1.75. The second-order valence-corrected chi connectivity index (χ2v) is 3.72.